The van der Waals surface area contributed by atoms with E-state index in [4.69, 9.17) is 4.74 Å². The van der Waals surface area contributed by atoms with Crippen LogP contribution < -0.4 is 9.46 Å². The van der Waals surface area contributed by atoms with Gasteiger partial charge in [-0.05, 0) is 43.7 Å². The number of rotatable bonds is 6. The Kier molecular flexibility index (Phi) is 5.74. The van der Waals surface area contributed by atoms with Crippen molar-refractivity contribution in [3.05, 3.63) is 59.2 Å². The maximum absolute atomic E-state index is 12.6. The van der Waals surface area contributed by atoms with E-state index in [1.54, 1.807) is 19.1 Å². The molecule has 0 bridgehead atoms. The third kappa shape index (κ3) is 5.20. The van der Waals surface area contributed by atoms with Crippen LogP contribution >= 0.6 is 0 Å². The average molecular weight is 373 g/mol. The van der Waals surface area contributed by atoms with Gasteiger partial charge < -0.3 is 4.74 Å². The predicted molar refractivity (Wildman–Crippen MR) is 88.0 cm³/mol. The molecule has 0 unspecified atom stereocenters. The minimum absolute atomic E-state index is 0.0283. The van der Waals surface area contributed by atoms with Crippen molar-refractivity contribution in [3.8, 4) is 5.75 Å². The van der Waals surface area contributed by atoms with Crippen molar-refractivity contribution < 1.29 is 26.3 Å². The van der Waals surface area contributed by atoms with E-state index in [0.29, 0.717) is 5.56 Å². The topological polar surface area (TPSA) is 55.4 Å². The lowest BCUT2D eigenvalue weighted by molar-refractivity contribution is -0.137. The molecule has 2 aromatic carbocycles. The highest BCUT2D eigenvalue weighted by atomic mass is 32.2. The van der Waals surface area contributed by atoms with E-state index >= 15 is 0 Å². The highest BCUT2D eigenvalue weighted by molar-refractivity contribution is 7.89. The molecule has 0 fully saturated rings. The van der Waals surface area contributed by atoms with Crippen LogP contribution in [0.15, 0.2) is 47.4 Å². The van der Waals surface area contributed by atoms with Crippen LogP contribution in [0.1, 0.15) is 16.7 Å². The Labute approximate surface area is 144 Å². The average Bonchev–Trinajstić information content (AvgIpc) is 2.51. The van der Waals surface area contributed by atoms with Crippen LogP contribution in [0.3, 0.4) is 0 Å². The fraction of sp³-hybridized carbons (Fsp3) is 0.294. The molecule has 0 aromatic heterocycles. The minimum Gasteiger partial charge on any atom is -0.492 e. The summed E-state index contributed by atoms with van der Waals surface area (Å²) in [5.74, 6) is 0.0283. The maximum Gasteiger partial charge on any atom is 0.416 e. The molecule has 0 radical (unpaired) electrons. The van der Waals surface area contributed by atoms with Crippen molar-refractivity contribution in [1.29, 1.82) is 0 Å². The molecule has 8 heteroatoms. The van der Waals surface area contributed by atoms with Gasteiger partial charge in [-0.15, -0.1) is 0 Å². The number of sulfonamides is 1. The lowest BCUT2D eigenvalue weighted by atomic mass is 10.2. The van der Waals surface area contributed by atoms with Gasteiger partial charge in [0.15, 0.2) is 0 Å². The van der Waals surface area contributed by atoms with E-state index in [-0.39, 0.29) is 23.8 Å². The van der Waals surface area contributed by atoms with E-state index in [1.807, 2.05) is 6.92 Å². The van der Waals surface area contributed by atoms with Crippen LogP contribution in [-0.4, -0.2) is 21.6 Å². The van der Waals surface area contributed by atoms with Crippen LogP contribution in [-0.2, 0) is 16.2 Å². The largest absolute Gasteiger partial charge is 0.492 e. The molecular weight excluding hydrogens is 355 g/mol. The number of aryl methyl sites for hydroxylation is 2. The molecule has 0 amide bonds. The van der Waals surface area contributed by atoms with E-state index < -0.39 is 21.8 Å². The van der Waals surface area contributed by atoms with Crippen LogP contribution in [0.2, 0.25) is 0 Å². The van der Waals surface area contributed by atoms with E-state index in [1.165, 1.54) is 18.2 Å². The Balaban J connectivity index is 1.95. The van der Waals surface area contributed by atoms with Gasteiger partial charge in [0, 0.05) is 6.54 Å². The molecule has 4 nitrogen and oxygen atoms in total. The quantitative estimate of drug-likeness (QED) is 0.786. The summed E-state index contributed by atoms with van der Waals surface area (Å²) in [6.45, 7) is 3.40. The first-order valence-corrected chi connectivity index (χ1v) is 8.95. The fourth-order valence-corrected chi connectivity index (χ4v) is 3.52. The number of halogens is 3. The number of hydrogen-bond acceptors (Lipinski definition) is 3. The van der Waals surface area contributed by atoms with Crippen molar-refractivity contribution in [1.82, 2.24) is 4.72 Å². The summed E-state index contributed by atoms with van der Waals surface area (Å²) in [4.78, 5) is 0.164. The molecule has 0 aliphatic heterocycles. The van der Waals surface area contributed by atoms with Crippen molar-refractivity contribution in [3.63, 3.8) is 0 Å². The van der Waals surface area contributed by atoms with Crippen LogP contribution in [0.4, 0.5) is 13.2 Å². The number of alkyl halides is 3. The third-order valence-corrected chi connectivity index (χ3v) is 5.07. The highest BCUT2D eigenvalue weighted by Crippen LogP contribution is 2.31. The van der Waals surface area contributed by atoms with Crippen molar-refractivity contribution in [2.75, 3.05) is 13.2 Å². The monoisotopic (exact) mass is 373 g/mol. The molecule has 0 heterocycles. The zero-order valence-corrected chi connectivity index (χ0v) is 14.5. The van der Waals surface area contributed by atoms with Crippen LogP contribution in [0.25, 0.3) is 0 Å². The summed E-state index contributed by atoms with van der Waals surface area (Å²) in [5.41, 5.74) is 0.747. The smallest absolute Gasteiger partial charge is 0.416 e. The summed E-state index contributed by atoms with van der Waals surface area (Å²) in [6.07, 6.45) is -4.45. The number of ether oxygens (including phenoxy) is 1. The van der Waals surface area contributed by atoms with Gasteiger partial charge in [-0.3, -0.25) is 0 Å². The Bertz CT molecular complexity index is 848. The molecule has 136 valence electrons. The van der Waals surface area contributed by atoms with Crippen LogP contribution in [0.5, 0.6) is 5.75 Å². The summed E-state index contributed by atoms with van der Waals surface area (Å²) in [5, 5.41) is 0. The first-order valence-electron chi connectivity index (χ1n) is 7.46. The second-order valence-electron chi connectivity index (χ2n) is 5.54. The molecule has 25 heavy (non-hydrogen) atoms. The summed E-state index contributed by atoms with van der Waals surface area (Å²) in [7, 11) is -3.70. The molecule has 0 saturated carbocycles. The standard InChI is InChI=1S/C17H18F3NO3S/c1-12-6-7-16(13(2)10-12)25(22,23)21-8-9-24-15-5-3-4-14(11-15)17(18,19)20/h3-7,10-11,21H,8-9H2,1-2H3. The lowest BCUT2D eigenvalue weighted by Gasteiger charge is -2.12. The Morgan fingerprint density at radius 1 is 1.08 bits per heavy atom. The Morgan fingerprint density at radius 2 is 1.80 bits per heavy atom. The van der Waals surface area contributed by atoms with Gasteiger partial charge in [0.05, 0.1) is 10.5 Å². The van der Waals surface area contributed by atoms with Crippen molar-refractivity contribution >= 4 is 10.0 Å². The zero-order valence-electron chi connectivity index (χ0n) is 13.7. The second-order valence-corrected chi connectivity index (χ2v) is 7.28. The molecule has 0 saturated heterocycles. The first-order chi connectivity index (χ1) is 11.6. The Hall–Kier alpha value is -2.06. The normalized spacial score (nSPS) is 12.2. The minimum atomic E-state index is -4.45. The van der Waals surface area contributed by atoms with E-state index in [9.17, 15) is 21.6 Å². The number of hydrogen-bond donors (Lipinski definition) is 1. The van der Waals surface area contributed by atoms with Gasteiger partial charge in [-0.1, -0.05) is 23.8 Å². The molecule has 1 N–H and O–H groups in total. The van der Waals surface area contributed by atoms with E-state index in [0.717, 1.165) is 17.7 Å². The maximum atomic E-state index is 12.6. The van der Waals surface area contributed by atoms with Crippen LogP contribution in [0, 0.1) is 13.8 Å². The van der Waals surface area contributed by atoms with Gasteiger partial charge in [0.1, 0.15) is 12.4 Å². The van der Waals surface area contributed by atoms with Crippen molar-refractivity contribution in [2.45, 2.75) is 24.9 Å². The Morgan fingerprint density at radius 3 is 2.44 bits per heavy atom. The SMILES string of the molecule is Cc1ccc(S(=O)(=O)NCCOc2cccc(C(F)(F)F)c2)c(C)c1. The first kappa shape index (κ1) is 19.3. The van der Waals surface area contributed by atoms with E-state index in [2.05, 4.69) is 4.72 Å². The van der Waals surface area contributed by atoms with Gasteiger partial charge in [-0.25, -0.2) is 13.1 Å². The second kappa shape index (κ2) is 7.45. The fourth-order valence-electron chi connectivity index (χ4n) is 2.29. The summed E-state index contributed by atoms with van der Waals surface area (Å²) < 4.78 is 69.9. The van der Waals surface area contributed by atoms with Gasteiger partial charge in [0.25, 0.3) is 0 Å². The molecule has 0 aliphatic carbocycles. The summed E-state index contributed by atoms with van der Waals surface area (Å²) >= 11 is 0. The molecule has 0 aliphatic rings. The number of nitrogens with one attached hydrogen (secondary N) is 1. The number of benzene rings is 2. The van der Waals surface area contributed by atoms with Gasteiger partial charge in [-0.2, -0.15) is 13.2 Å². The third-order valence-electron chi connectivity index (χ3n) is 3.44. The van der Waals surface area contributed by atoms with Gasteiger partial charge >= 0.3 is 6.18 Å². The molecular formula is C17H18F3NO3S. The van der Waals surface area contributed by atoms with Gasteiger partial charge in [0.2, 0.25) is 10.0 Å². The molecule has 2 aromatic rings. The predicted octanol–water partition coefficient (Wildman–Crippen LogP) is 3.68. The molecule has 0 spiro atoms. The lowest BCUT2D eigenvalue weighted by Crippen LogP contribution is -2.28. The zero-order chi connectivity index (χ0) is 18.7. The van der Waals surface area contributed by atoms with Crippen molar-refractivity contribution in [2.24, 2.45) is 0 Å². The molecule has 0 atom stereocenters. The highest BCUT2D eigenvalue weighted by Gasteiger charge is 2.30. The summed E-state index contributed by atoms with van der Waals surface area (Å²) in [6, 6.07) is 9.40. The molecule has 2 rings (SSSR count).